The van der Waals surface area contributed by atoms with E-state index in [1.807, 2.05) is 18.2 Å². The van der Waals surface area contributed by atoms with E-state index in [1.54, 1.807) is 7.05 Å². The van der Waals surface area contributed by atoms with Crippen LogP contribution >= 0.6 is 0 Å². The number of rotatable bonds is 6. The highest BCUT2D eigenvalue weighted by Crippen LogP contribution is 2.37. The molecule has 0 saturated carbocycles. The molecule has 0 atom stereocenters. The van der Waals surface area contributed by atoms with Gasteiger partial charge in [0.25, 0.3) is 5.91 Å². The number of nitrogens with one attached hydrogen (secondary N) is 1. The fraction of sp³-hybridized carbons (Fsp3) is 0.400. The highest BCUT2D eigenvalue weighted by molar-refractivity contribution is 5.97. The molecule has 1 N–H and O–H groups in total. The van der Waals surface area contributed by atoms with E-state index < -0.39 is 0 Å². The predicted molar refractivity (Wildman–Crippen MR) is 123 cm³/mol. The van der Waals surface area contributed by atoms with Gasteiger partial charge in [-0.05, 0) is 56.1 Å². The summed E-state index contributed by atoms with van der Waals surface area (Å²) >= 11 is 0. The van der Waals surface area contributed by atoms with Crippen LogP contribution in [0.25, 0.3) is 10.9 Å². The Bertz CT molecular complexity index is 1000. The fourth-order valence-electron chi connectivity index (χ4n) is 4.80. The van der Waals surface area contributed by atoms with Crippen LogP contribution in [0.5, 0.6) is 0 Å². The number of benzene rings is 2. The van der Waals surface area contributed by atoms with Crippen LogP contribution in [0.2, 0.25) is 0 Å². The Balaban J connectivity index is 1.43. The molecule has 0 unspecified atom stereocenters. The first kappa shape index (κ1) is 20.6. The lowest BCUT2D eigenvalue weighted by Crippen LogP contribution is -2.50. The second kappa shape index (κ2) is 8.62. The lowest BCUT2D eigenvalue weighted by Gasteiger charge is -2.46. The van der Waals surface area contributed by atoms with E-state index in [-0.39, 0.29) is 11.4 Å². The number of aromatic nitrogens is 1. The van der Waals surface area contributed by atoms with Gasteiger partial charge in [-0.1, -0.05) is 36.4 Å². The molecule has 1 amide bonds. The second-order valence-corrected chi connectivity index (χ2v) is 8.50. The first-order valence-electron chi connectivity index (χ1n) is 10.8. The van der Waals surface area contributed by atoms with Gasteiger partial charge >= 0.3 is 0 Å². The van der Waals surface area contributed by atoms with Crippen molar-refractivity contribution >= 4 is 16.8 Å². The molecule has 3 aromatic rings. The van der Waals surface area contributed by atoms with E-state index in [0.717, 1.165) is 44.5 Å². The maximum Gasteiger partial charge on any atom is 0.251 e. The Kier molecular flexibility index (Phi) is 5.93. The summed E-state index contributed by atoms with van der Waals surface area (Å²) in [5.41, 5.74) is 3.38. The van der Waals surface area contributed by atoms with Gasteiger partial charge in [-0.2, -0.15) is 0 Å². The van der Waals surface area contributed by atoms with Crippen LogP contribution in [-0.2, 0) is 12.1 Å². The van der Waals surface area contributed by atoms with Gasteiger partial charge in [-0.3, -0.25) is 9.69 Å². The van der Waals surface area contributed by atoms with Crippen molar-refractivity contribution in [2.24, 2.45) is 0 Å². The lowest BCUT2D eigenvalue weighted by molar-refractivity contribution is 0.0526. The number of carbonyl (C=O) groups excluding carboxylic acids is 1. The number of hydrogen-bond acceptors (Lipinski definition) is 3. The molecule has 0 aliphatic carbocycles. The Labute approximate surface area is 179 Å². The van der Waals surface area contributed by atoms with Gasteiger partial charge in [0, 0.05) is 56.0 Å². The molecule has 5 heteroatoms. The van der Waals surface area contributed by atoms with Crippen LogP contribution in [0, 0.1) is 0 Å². The molecule has 158 valence electrons. The average Bonchev–Trinajstić information content (AvgIpc) is 3.20. The minimum atomic E-state index is -0.0402. The molecule has 0 bridgehead atoms. The minimum Gasteiger partial charge on any atom is -0.355 e. The van der Waals surface area contributed by atoms with Crippen molar-refractivity contribution in [2.75, 3.05) is 40.8 Å². The summed E-state index contributed by atoms with van der Waals surface area (Å²) in [6.07, 6.45) is 4.41. The Hall–Kier alpha value is -2.63. The fourth-order valence-corrected chi connectivity index (χ4v) is 4.80. The zero-order chi connectivity index (χ0) is 21.1. The molecule has 0 radical (unpaired) electrons. The van der Waals surface area contributed by atoms with E-state index in [9.17, 15) is 4.79 Å². The number of carbonyl (C=O) groups is 1. The van der Waals surface area contributed by atoms with Crippen LogP contribution in [0.1, 0.15) is 28.8 Å². The maximum absolute atomic E-state index is 12.0. The average molecular weight is 405 g/mol. The topological polar surface area (TPSA) is 40.5 Å². The van der Waals surface area contributed by atoms with Crippen LogP contribution < -0.4 is 5.32 Å². The molecule has 1 aromatic heterocycles. The van der Waals surface area contributed by atoms with Crippen LogP contribution in [-0.4, -0.2) is 61.1 Å². The SMILES string of the molecule is CNC(=O)c1ccc2ccn(CCN3CCC(c4ccccc4)(N(C)C)CC3)c2c1. The van der Waals surface area contributed by atoms with Crippen molar-refractivity contribution in [1.82, 2.24) is 19.7 Å². The molecule has 4 rings (SSSR count). The third-order valence-electron chi connectivity index (χ3n) is 6.77. The van der Waals surface area contributed by atoms with Crippen LogP contribution in [0.3, 0.4) is 0 Å². The third kappa shape index (κ3) is 3.87. The summed E-state index contributed by atoms with van der Waals surface area (Å²) in [6, 6.07) is 19.0. The number of fused-ring (bicyclic) bond motifs is 1. The van der Waals surface area contributed by atoms with Gasteiger partial charge in [0.15, 0.2) is 0 Å². The molecule has 1 aliphatic rings. The Morgan fingerprint density at radius 2 is 1.77 bits per heavy atom. The Morgan fingerprint density at radius 3 is 2.43 bits per heavy atom. The van der Waals surface area contributed by atoms with Gasteiger partial charge in [0.1, 0.15) is 0 Å². The zero-order valence-corrected chi connectivity index (χ0v) is 18.3. The largest absolute Gasteiger partial charge is 0.355 e. The summed E-state index contributed by atoms with van der Waals surface area (Å²) in [7, 11) is 6.09. The van der Waals surface area contributed by atoms with E-state index in [4.69, 9.17) is 0 Å². The molecule has 1 saturated heterocycles. The molecule has 1 fully saturated rings. The van der Waals surface area contributed by atoms with E-state index in [0.29, 0.717) is 5.56 Å². The van der Waals surface area contributed by atoms with Crippen molar-refractivity contribution in [2.45, 2.75) is 24.9 Å². The molecular weight excluding hydrogens is 372 g/mol. The zero-order valence-electron chi connectivity index (χ0n) is 18.3. The molecule has 0 spiro atoms. The highest BCUT2D eigenvalue weighted by atomic mass is 16.1. The molecule has 2 heterocycles. The number of hydrogen-bond donors (Lipinski definition) is 1. The summed E-state index contributed by atoms with van der Waals surface area (Å²) < 4.78 is 2.27. The quantitative estimate of drug-likeness (QED) is 0.683. The minimum absolute atomic E-state index is 0.0402. The molecule has 1 aliphatic heterocycles. The van der Waals surface area contributed by atoms with Crippen molar-refractivity contribution in [1.29, 1.82) is 0 Å². The lowest BCUT2D eigenvalue weighted by atomic mass is 9.80. The number of nitrogens with zero attached hydrogens (tertiary/aromatic N) is 3. The van der Waals surface area contributed by atoms with E-state index in [1.165, 1.54) is 10.9 Å². The molecule has 30 heavy (non-hydrogen) atoms. The molecular formula is C25H32N4O. The number of amides is 1. The monoisotopic (exact) mass is 404 g/mol. The summed E-state index contributed by atoms with van der Waals surface area (Å²) in [4.78, 5) is 17.0. The van der Waals surface area contributed by atoms with Gasteiger partial charge in [-0.15, -0.1) is 0 Å². The summed E-state index contributed by atoms with van der Waals surface area (Å²) in [5, 5.41) is 3.89. The third-order valence-corrected chi connectivity index (χ3v) is 6.77. The van der Waals surface area contributed by atoms with Gasteiger partial charge in [0.05, 0.1) is 0 Å². The van der Waals surface area contributed by atoms with Crippen molar-refractivity contribution < 1.29 is 4.79 Å². The maximum atomic E-state index is 12.0. The van der Waals surface area contributed by atoms with Crippen LogP contribution in [0.15, 0.2) is 60.8 Å². The molecule has 5 nitrogen and oxygen atoms in total. The van der Waals surface area contributed by atoms with Crippen LogP contribution in [0.4, 0.5) is 0 Å². The first-order valence-corrected chi connectivity index (χ1v) is 10.8. The van der Waals surface area contributed by atoms with Gasteiger partial charge in [-0.25, -0.2) is 0 Å². The predicted octanol–water partition coefficient (Wildman–Crippen LogP) is 3.55. The number of likely N-dealkylation sites (tertiary alicyclic amines) is 1. The summed E-state index contributed by atoms with van der Waals surface area (Å²) in [6.45, 7) is 4.14. The highest BCUT2D eigenvalue weighted by Gasteiger charge is 2.37. The van der Waals surface area contributed by atoms with E-state index >= 15 is 0 Å². The first-order chi connectivity index (χ1) is 14.5. The standard InChI is InChI=1S/C25H32N4O/c1-26-24(30)21-10-9-20-11-14-29(23(20)19-21)18-17-28-15-12-25(13-16-28,27(2)3)22-7-5-4-6-8-22/h4-11,14,19H,12-13,15-18H2,1-3H3,(H,26,30). The van der Waals surface area contributed by atoms with Gasteiger partial charge in [0.2, 0.25) is 0 Å². The van der Waals surface area contributed by atoms with Crippen molar-refractivity contribution in [3.05, 3.63) is 71.9 Å². The van der Waals surface area contributed by atoms with Crippen molar-refractivity contribution in [3.63, 3.8) is 0 Å². The van der Waals surface area contributed by atoms with Crippen molar-refractivity contribution in [3.8, 4) is 0 Å². The smallest absolute Gasteiger partial charge is 0.251 e. The normalized spacial score (nSPS) is 16.8. The van der Waals surface area contributed by atoms with Gasteiger partial charge < -0.3 is 14.8 Å². The second-order valence-electron chi connectivity index (χ2n) is 8.50. The Morgan fingerprint density at radius 1 is 1.03 bits per heavy atom. The number of piperidine rings is 1. The summed E-state index contributed by atoms with van der Waals surface area (Å²) in [5.74, 6) is -0.0402. The molecule has 2 aromatic carbocycles. The van der Waals surface area contributed by atoms with E-state index in [2.05, 4.69) is 76.4 Å².